The molecule has 0 radical (unpaired) electrons. The summed E-state index contributed by atoms with van der Waals surface area (Å²) in [5.41, 5.74) is -0.176. The monoisotopic (exact) mass is 434 g/mol. The van der Waals surface area contributed by atoms with Crippen LogP contribution >= 0.6 is 0 Å². The third-order valence-corrected chi connectivity index (χ3v) is 5.65. The van der Waals surface area contributed by atoms with Crippen LogP contribution in [-0.4, -0.2) is 49.0 Å². The Hall–Kier alpha value is -2.69. The van der Waals surface area contributed by atoms with E-state index in [1.807, 2.05) is 11.8 Å². The summed E-state index contributed by atoms with van der Waals surface area (Å²) >= 11 is 0. The van der Waals surface area contributed by atoms with Crippen molar-refractivity contribution in [2.75, 3.05) is 26.2 Å². The molecule has 2 aliphatic rings. The highest BCUT2D eigenvalue weighted by Crippen LogP contribution is 2.29. The average Bonchev–Trinajstić information content (AvgIpc) is 3.43. The molecule has 0 spiro atoms. The van der Waals surface area contributed by atoms with Gasteiger partial charge in [0.15, 0.2) is 5.96 Å². The number of nitrogens with zero attached hydrogens (tertiary/aromatic N) is 2. The summed E-state index contributed by atoms with van der Waals surface area (Å²) in [6.45, 7) is 4.32. The molecule has 0 bridgehead atoms. The molecule has 1 atom stereocenters. The smallest absolute Gasteiger partial charge is 0.357 e. The molecule has 3 rings (SSSR count). The molecular weight excluding hydrogens is 405 g/mol. The van der Waals surface area contributed by atoms with Crippen LogP contribution < -0.4 is 10.6 Å². The van der Waals surface area contributed by atoms with E-state index >= 15 is 0 Å². The number of benzene rings is 1. The van der Waals surface area contributed by atoms with Gasteiger partial charge in [-0.05, 0) is 50.5 Å². The number of carbonyl (C=O) groups excluding carboxylic acids is 1. The maximum Gasteiger partial charge on any atom is 0.416 e. The van der Waals surface area contributed by atoms with Crippen LogP contribution in [0.3, 0.4) is 0 Å². The van der Waals surface area contributed by atoms with Gasteiger partial charge in [-0.25, -0.2) is 4.99 Å². The molecule has 5 nitrogen and oxygen atoms in total. The lowest BCUT2D eigenvalue weighted by Gasteiger charge is -2.21. The van der Waals surface area contributed by atoms with Crippen molar-refractivity contribution in [2.45, 2.75) is 51.2 Å². The number of carbonyl (C=O) groups is 1. The van der Waals surface area contributed by atoms with E-state index in [0.29, 0.717) is 24.6 Å². The highest BCUT2D eigenvalue weighted by Gasteiger charge is 2.32. The fourth-order valence-electron chi connectivity index (χ4n) is 4.03. The number of nitrogens with one attached hydrogen (secondary N) is 2. The minimum Gasteiger partial charge on any atom is -0.357 e. The Morgan fingerprint density at radius 1 is 1.19 bits per heavy atom. The third kappa shape index (κ3) is 6.65. The molecule has 1 amide bonds. The molecular formula is C23H29F3N4O. The lowest BCUT2D eigenvalue weighted by molar-refractivity contribution is -0.137. The summed E-state index contributed by atoms with van der Waals surface area (Å²) < 4.78 is 37.8. The van der Waals surface area contributed by atoms with Crippen molar-refractivity contribution in [3.63, 3.8) is 0 Å². The number of likely N-dealkylation sites (tertiary alicyclic amines) is 1. The largest absolute Gasteiger partial charge is 0.416 e. The predicted octanol–water partition coefficient (Wildman–Crippen LogP) is 3.40. The lowest BCUT2D eigenvalue weighted by atomic mass is 10.1. The molecule has 2 N–H and O–H groups in total. The third-order valence-electron chi connectivity index (χ3n) is 5.65. The molecule has 1 saturated heterocycles. The van der Waals surface area contributed by atoms with Crippen LogP contribution in [0.25, 0.3) is 0 Å². The first-order valence-electron chi connectivity index (χ1n) is 10.9. The first-order chi connectivity index (χ1) is 14.9. The van der Waals surface area contributed by atoms with Gasteiger partial charge in [-0.3, -0.25) is 4.79 Å². The summed E-state index contributed by atoms with van der Waals surface area (Å²) in [6.07, 6.45) is 0.845. The Morgan fingerprint density at radius 2 is 1.90 bits per heavy atom. The first kappa shape index (κ1) is 23.0. The number of halogens is 3. The first-order valence-corrected chi connectivity index (χ1v) is 10.9. The molecule has 1 aromatic rings. The predicted molar refractivity (Wildman–Crippen MR) is 114 cm³/mol. The molecule has 8 heteroatoms. The minimum atomic E-state index is -4.35. The van der Waals surface area contributed by atoms with Crippen LogP contribution in [0.5, 0.6) is 0 Å². The topological polar surface area (TPSA) is 56.7 Å². The second-order valence-corrected chi connectivity index (χ2v) is 7.97. The summed E-state index contributed by atoms with van der Waals surface area (Å²) in [6, 6.07) is 4.91. The second-order valence-electron chi connectivity index (χ2n) is 7.97. The van der Waals surface area contributed by atoms with Gasteiger partial charge >= 0.3 is 6.18 Å². The van der Waals surface area contributed by atoms with E-state index in [-0.39, 0.29) is 24.4 Å². The van der Waals surface area contributed by atoms with Crippen LogP contribution in [-0.2, 0) is 11.0 Å². The minimum absolute atomic E-state index is 0.144. The Bertz CT molecular complexity index is 833. The Labute approximate surface area is 181 Å². The summed E-state index contributed by atoms with van der Waals surface area (Å²) in [5, 5.41) is 6.54. The van der Waals surface area contributed by atoms with Gasteiger partial charge in [-0.1, -0.05) is 24.7 Å². The Kier molecular flexibility index (Phi) is 7.83. The molecule has 2 fully saturated rings. The standard InChI is InChI=1S/C23H29F3N4O/c1-2-27-22(28-14-5-6-17-9-11-19(12-10-17)23(24,25)26)29-20-13-15-30(16-20)21(31)18-7-3-4-8-18/h9-12,18,20H,2-4,7-8,13-16H2,1H3,(H2,27,28,29). The molecule has 0 aromatic heterocycles. The van der Waals surface area contributed by atoms with Gasteiger partial charge < -0.3 is 15.5 Å². The fraction of sp³-hybridized carbons (Fsp3) is 0.565. The summed E-state index contributed by atoms with van der Waals surface area (Å²) in [7, 11) is 0. The van der Waals surface area contributed by atoms with Gasteiger partial charge in [0, 0.05) is 37.2 Å². The van der Waals surface area contributed by atoms with Crippen molar-refractivity contribution in [1.82, 2.24) is 15.5 Å². The number of hydrogen-bond acceptors (Lipinski definition) is 2. The van der Waals surface area contributed by atoms with Crippen molar-refractivity contribution in [2.24, 2.45) is 10.9 Å². The fourth-order valence-corrected chi connectivity index (χ4v) is 4.03. The van der Waals surface area contributed by atoms with Gasteiger partial charge in [0.05, 0.1) is 5.56 Å². The summed E-state index contributed by atoms with van der Waals surface area (Å²) in [4.78, 5) is 19.0. The Balaban J connectivity index is 1.51. The van der Waals surface area contributed by atoms with Crippen LogP contribution in [0.15, 0.2) is 29.3 Å². The summed E-state index contributed by atoms with van der Waals surface area (Å²) in [5.74, 6) is 6.82. The highest BCUT2D eigenvalue weighted by molar-refractivity contribution is 5.81. The zero-order valence-corrected chi connectivity index (χ0v) is 17.8. The van der Waals surface area contributed by atoms with Crippen molar-refractivity contribution >= 4 is 11.9 Å². The van der Waals surface area contributed by atoms with E-state index in [1.54, 1.807) is 0 Å². The van der Waals surface area contributed by atoms with E-state index in [0.717, 1.165) is 50.8 Å². The molecule has 1 heterocycles. The number of amides is 1. The number of rotatable bonds is 4. The number of hydrogen-bond donors (Lipinski definition) is 2. The van der Waals surface area contributed by atoms with Crippen LogP contribution in [0.4, 0.5) is 13.2 Å². The van der Waals surface area contributed by atoms with Crippen LogP contribution in [0.2, 0.25) is 0 Å². The van der Waals surface area contributed by atoms with Gasteiger partial charge in [-0.15, -0.1) is 0 Å². The molecule has 1 aliphatic heterocycles. The van der Waals surface area contributed by atoms with Crippen LogP contribution in [0.1, 0.15) is 50.2 Å². The molecule has 1 saturated carbocycles. The quantitative estimate of drug-likeness (QED) is 0.434. The lowest BCUT2D eigenvalue weighted by Crippen LogP contribution is -2.45. The highest BCUT2D eigenvalue weighted by atomic mass is 19.4. The number of alkyl halides is 3. The van der Waals surface area contributed by atoms with Gasteiger partial charge in [0.25, 0.3) is 0 Å². The SMILES string of the molecule is CCNC(=NCC#Cc1ccc(C(F)(F)F)cc1)NC1CCN(C(=O)C2CCCC2)C1. The van der Waals surface area contributed by atoms with E-state index in [4.69, 9.17) is 0 Å². The molecule has 1 aromatic carbocycles. The van der Waals surface area contributed by atoms with Crippen molar-refractivity contribution in [3.8, 4) is 11.8 Å². The molecule has 1 unspecified atom stereocenters. The van der Waals surface area contributed by atoms with Gasteiger partial charge in [0.1, 0.15) is 6.54 Å². The van der Waals surface area contributed by atoms with Crippen molar-refractivity contribution in [1.29, 1.82) is 0 Å². The molecule has 31 heavy (non-hydrogen) atoms. The molecule has 1 aliphatic carbocycles. The zero-order valence-electron chi connectivity index (χ0n) is 17.8. The van der Waals surface area contributed by atoms with Crippen molar-refractivity contribution in [3.05, 3.63) is 35.4 Å². The van der Waals surface area contributed by atoms with E-state index in [1.165, 1.54) is 12.1 Å². The van der Waals surface area contributed by atoms with E-state index in [9.17, 15) is 18.0 Å². The molecule has 168 valence electrons. The number of guanidine groups is 1. The van der Waals surface area contributed by atoms with Gasteiger partial charge in [-0.2, -0.15) is 13.2 Å². The Morgan fingerprint density at radius 3 is 2.55 bits per heavy atom. The average molecular weight is 435 g/mol. The maximum atomic E-state index is 12.6. The van der Waals surface area contributed by atoms with Gasteiger partial charge in [0.2, 0.25) is 5.91 Å². The van der Waals surface area contributed by atoms with Crippen molar-refractivity contribution < 1.29 is 18.0 Å². The van der Waals surface area contributed by atoms with E-state index < -0.39 is 11.7 Å². The normalized spacial score (nSPS) is 19.8. The maximum absolute atomic E-state index is 12.6. The van der Waals surface area contributed by atoms with E-state index in [2.05, 4.69) is 27.5 Å². The van der Waals surface area contributed by atoms with Crippen LogP contribution in [0, 0.1) is 17.8 Å². The second kappa shape index (κ2) is 10.6. The number of aliphatic imine (C=N–C) groups is 1. The zero-order chi connectivity index (χ0) is 22.3.